The Morgan fingerprint density at radius 2 is 1.90 bits per heavy atom. The van der Waals surface area contributed by atoms with Crippen molar-refractivity contribution in [3.05, 3.63) is 29.8 Å². The fraction of sp³-hybridized carbons (Fsp3) is 0.588. The lowest BCUT2D eigenvalue weighted by Gasteiger charge is -2.34. The molecule has 1 aromatic rings. The SMILES string of the molecule is COc1ccc(C2NCC(=O)N2C(C)C2CCCC2)cc1. The van der Waals surface area contributed by atoms with Gasteiger partial charge in [0.2, 0.25) is 5.91 Å². The Kier molecular flexibility index (Phi) is 4.15. The van der Waals surface area contributed by atoms with E-state index in [9.17, 15) is 4.79 Å². The number of nitrogens with one attached hydrogen (secondary N) is 1. The molecular weight excluding hydrogens is 264 g/mol. The van der Waals surface area contributed by atoms with Crippen LogP contribution in [0.15, 0.2) is 24.3 Å². The zero-order chi connectivity index (χ0) is 14.8. The molecule has 0 aromatic heterocycles. The number of amides is 1. The van der Waals surface area contributed by atoms with Gasteiger partial charge in [-0.25, -0.2) is 0 Å². The number of methoxy groups -OCH3 is 1. The summed E-state index contributed by atoms with van der Waals surface area (Å²) < 4.78 is 5.21. The maximum Gasteiger partial charge on any atom is 0.238 e. The van der Waals surface area contributed by atoms with Crippen LogP contribution in [0.4, 0.5) is 0 Å². The third kappa shape index (κ3) is 2.77. The summed E-state index contributed by atoms with van der Waals surface area (Å²) in [5.41, 5.74) is 1.13. The molecule has 3 rings (SSSR count). The molecule has 1 N–H and O–H groups in total. The van der Waals surface area contributed by atoms with Gasteiger partial charge in [-0.1, -0.05) is 25.0 Å². The van der Waals surface area contributed by atoms with E-state index in [0.717, 1.165) is 11.3 Å². The van der Waals surface area contributed by atoms with E-state index in [-0.39, 0.29) is 12.1 Å². The molecule has 2 aliphatic rings. The highest BCUT2D eigenvalue weighted by Crippen LogP contribution is 2.35. The van der Waals surface area contributed by atoms with Crippen LogP contribution in [0.25, 0.3) is 0 Å². The van der Waals surface area contributed by atoms with Gasteiger partial charge in [-0.2, -0.15) is 0 Å². The normalized spacial score (nSPS) is 24.6. The molecule has 1 saturated carbocycles. The summed E-state index contributed by atoms with van der Waals surface area (Å²) in [4.78, 5) is 14.4. The molecule has 0 spiro atoms. The molecule has 0 bridgehead atoms. The van der Waals surface area contributed by atoms with E-state index < -0.39 is 0 Å². The molecule has 1 aliphatic heterocycles. The second-order valence-corrected chi connectivity index (χ2v) is 6.14. The number of nitrogens with zero attached hydrogens (tertiary/aromatic N) is 1. The van der Waals surface area contributed by atoms with Crippen molar-refractivity contribution in [3.8, 4) is 5.75 Å². The van der Waals surface area contributed by atoms with Crippen LogP contribution in [-0.4, -0.2) is 30.5 Å². The maximum atomic E-state index is 12.3. The van der Waals surface area contributed by atoms with Gasteiger partial charge >= 0.3 is 0 Å². The van der Waals surface area contributed by atoms with Gasteiger partial charge in [0, 0.05) is 6.04 Å². The van der Waals surface area contributed by atoms with Gasteiger partial charge in [-0.3, -0.25) is 10.1 Å². The van der Waals surface area contributed by atoms with E-state index in [1.54, 1.807) is 7.11 Å². The molecule has 1 saturated heterocycles. The molecule has 1 aliphatic carbocycles. The summed E-state index contributed by atoms with van der Waals surface area (Å²) in [7, 11) is 1.67. The molecule has 1 aromatic carbocycles. The van der Waals surface area contributed by atoms with E-state index in [4.69, 9.17) is 4.74 Å². The Morgan fingerprint density at radius 3 is 2.52 bits per heavy atom. The third-order valence-corrected chi connectivity index (χ3v) is 4.97. The fourth-order valence-corrected chi connectivity index (χ4v) is 3.71. The number of hydrogen-bond acceptors (Lipinski definition) is 3. The molecule has 4 nitrogen and oxygen atoms in total. The molecule has 2 atom stereocenters. The summed E-state index contributed by atoms with van der Waals surface area (Å²) in [6, 6.07) is 8.31. The van der Waals surface area contributed by atoms with Gasteiger partial charge in [0.25, 0.3) is 0 Å². The van der Waals surface area contributed by atoms with Crippen LogP contribution in [0.3, 0.4) is 0 Å². The second kappa shape index (κ2) is 6.06. The third-order valence-electron chi connectivity index (χ3n) is 4.97. The largest absolute Gasteiger partial charge is 0.497 e. The quantitative estimate of drug-likeness (QED) is 0.926. The lowest BCUT2D eigenvalue weighted by atomic mass is 9.97. The summed E-state index contributed by atoms with van der Waals surface area (Å²) in [6.45, 7) is 2.64. The average Bonchev–Trinajstić information content (AvgIpc) is 3.16. The maximum absolute atomic E-state index is 12.3. The van der Waals surface area contributed by atoms with E-state index in [2.05, 4.69) is 17.1 Å². The van der Waals surface area contributed by atoms with E-state index in [1.807, 2.05) is 24.3 Å². The van der Waals surface area contributed by atoms with Gasteiger partial charge in [0.05, 0.1) is 13.7 Å². The van der Waals surface area contributed by atoms with E-state index in [0.29, 0.717) is 18.5 Å². The first kappa shape index (κ1) is 14.4. The van der Waals surface area contributed by atoms with Crippen molar-refractivity contribution in [2.75, 3.05) is 13.7 Å². The van der Waals surface area contributed by atoms with Gasteiger partial charge in [0.15, 0.2) is 0 Å². The summed E-state index contributed by atoms with van der Waals surface area (Å²) >= 11 is 0. The Balaban J connectivity index is 1.80. The second-order valence-electron chi connectivity index (χ2n) is 6.14. The number of rotatable bonds is 4. The van der Waals surface area contributed by atoms with Crippen LogP contribution in [0.2, 0.25) is 0 Å². The van der Waals surface area contributed by atoms with Crippen molar-refractivity contribution in [1.29, 1.82) is 0 Å². The number of hydrogen-bond donors (Lipinski definition) is 1. The summed E-state index contributed by atoms with van der Waals surface area (Å²) in [5, 5.41) is 3.35. The van der Waals surface area contributed by atoms with Crippen LogP contribution < -0.4 is 10.1 Å². The molecule has 2 unspecified atom stereocenters. The predicted molar refractivity (Wildman–Crippen MR) is 82.0 cm³/mol. The molecule has 2 fully saturated rings. The van der Waals surface area contributed by atoms with Crippen molar-refractivity contribution >= 4 is 5.91 Å². The predicted octanol–water partition coefficient (Wildman–Crippen LogP) is 2.70. The van der Waals surface area contributed by atoms with Crippen molar-refractivity contribution < 1.29 is 9.53 Å². The molecule has 0 radical (unpaired) electrons. The summed E-state index contributed by atoms with van der Waals surface area (Å²) in [5.74, 6) is 1.71. The first-order chi connectivity index (χ1) is 10.2. The molecule has 1 heterocycles. The fourth-order valence-electron chi connectivity index (χ4n) is 3.71. The Morgan fingerprint density at radius 1 is 1.24 bits per heavy atom. The van der Waals surface area contributed by atoms with Crippen molar-refractivity contribution in [2.24, 2.45) is 5.92 Å². The van der Waals surface area contributed by atoms with Gasteiger partial charge < -0.3 is 9.64 Å². The number of ether oxygens (including phenoxy) is 1. The Bertz CT molecular complexity index is 494. The first-order valence-corrected chi connectivity index (χ1v) is 7.89. The van der Waals surface area contributed by atoms with Gasteiger partial charge in [0.1, 0.15) is 11.9 Å². The zero-order valence-corrected chi connectivity index (χ0v) is 12.8. The van der Waals surface area contributed by atoms with Crippen molar-refractivity contribution in [2.45, 2.75) is 44.8 Å². The standard InChI is InChI=1S/C17H24N2O2/c1-12(13-5-3-4-6-13)19-16(20)11-18-17(19)14-7-9-15(21-2)10-8-14/h7-10,12-13,17-18H,3-6,11H2,1-2H3. The smallest absolute Gasteiger partial charge is 0.238 e. The lowest BCUT2D eigenvalue weighted by Crippen LogP contribution is -2.41. The van der Waals surface area contributed by atoms with Crippen LogP contribution in [0.5, 0.6) is 5.75 Å². The minimum Gasteiger partial charge on any atom is -0.497 e. The van der Waals surface area contributed by atoms with Crippen LogP contribution in [-0.2, 0) is 4.79 Å². The van der Waals surface area contributed by atoms with E-state index >= 15 is 0 Å². The minimum atomic E-state index is -0.000920. The molecule has 4 heteroatoms. The Labute approximate surface area is 126 Å². The molecule has 1 amide bonds. The highest BCUT2D eigenvalue weighted by molar-refractivity contribution is 5.81. The molecular formula is C17H24N2O2. The topological polar surface area (TPSA) is 41.6 Å². The number of carbonyl (C=O) groups excluding carboxylic acids is 1. The average molecular weight is 288 g/mol. The summed E-state index contributed by atoms with van der Waals surface area (Å²) in [6.07, 6.45) is 5.11. The van der Waals surface area contributed by atoms with Crippen LogP contribution in [0.1, 0.15) is 44.3 Å². The Hall–Kier alpha value is -1.55. The van der Waals surface area contributed by atoms with Crippen molar-refractivity contribution in [3.63, 3.8) is 0 Å². The van der Waals surface area contributed by atoms with Crippen molar-refractivity contribution in [1.82, 2.24) is 10.2 Å². The highest BCUT2D eigenvalue weighted by Gasteiger charge is 2.38. The van der Waals surface area contributed by atoms with Gasteiger partial charge in [-0.05, 0) is 43.4 Å². The lowest BCUT2D eigenvalue weighted by molar-refractivity contribution is -0.131. The minimum absolute atomic E-state index is 0.000920. The number of carbonyl (C=O) groups is 1. The monoisotopic (exact) mass is 288 g/mol. The van der Waals surface area contributed by atoms with Crippen LogP contribution in [0, 0.1) is 5.92 Å². The molecule has 21 heavy (non-hydrogen) atoms. The molecule has 114 valence electrons. The first-order valence-electron chi connectivity index (χ1n) is 7.89. The van der Waals surface area contributed by atoms with E-state index in [1.165, 1.54) is 25.7 Å². The van der Waals surface area contributed by atoms with Gasteiger partial charge in [-0.15, -0.1) is 0 Å². The number of benzene rings is 1. The highest BCUT2D eigenvalue weighted by atomic mass is 16.5. The van der Waals surface area contributed by atoms with Crippen LogP contribution >= 0.6 is 0 Å². The zero-order valence-electron chi connectivity index (χ0n) is 12.8.